The van der Waals surface area contributed by atoms with E-state index in [4.69, 9.17) is 11.0 Å². The summed E-state index contributed by atoms with van der Waals surface area (Å²) in [5.41, 5.74) is 8.22. The highest BCUT2D eigenvalue weighted by atomic mass is 16.1. The molecule has 0 amide bonds. The van der Waals surface area contributed by atoms with Gasteiger partial charge in [0.2, 0.25) is 0 Å². The first kappa shape index (κ1) is 11.3. The van der Waals surface area contributed by atoms with Crippen LogP contribution in [0.3, 0.4) is 0 Å². The lowest BCUT2D eigenvalue weighted by molar-refractivity contribution is 0.101. The predicted octanol–water partition coefficient (Wildman–Crippen LogP) is 2.49. The fraction of sp³-hybridized carbons (Fsp3) is 0.333. The zero-order valence-electron chi connectivity index (χ0n) is 8.73. The van der Waals surface area contributed by atoms with Gasteiger partial charge in [0.15, 0.2) is 5.78 Å². The maximum Gasteiger partial charge on any atom is 0.161 e. The molecule has 2 rings (SSSR count). The van der Waals surface area contributed by atoms with Gasteiger partial charge in [-0.2, -0.15) is 0 Å². The molecule has 15 heavy (non-hydrogen) atoms. The van der Waals surface area contributed by atoms with Gasteiger partial charge >= 0.3 is 0 Å². The molecule has 1 fully saturated rings. The van der Waals surface area contributed by atoms with E-state index in [2.05, 4.69) is 6.57 Å². The number of nitriles is 1. The van der Waals surface area contributed by atoms with Crippen molar-refractivity contribution in [1.29, 1.82) is 5.26 Å². The summed E-state index contributed by atoms with van der Waals surface area (Å²) in [5, 5.41) is 6.50. The summed E-state index contributed by atoms with van der Waals surface area (Å²) in [4.78, 5) is 11.2. The lowest BCUT2D eigenvalue weighted by Gasteiger charge is -2.04. The Kier molecular flexibility index (Phi) is 3.46. The van der Waals surface area contributed by atoms with Crippen LogP contribution < -0.4 is 5.73 Å². The van der Waals surface area contributed by atoms with Gasteiger partial charge in [0.25, 0.3) is 0 Å². The Balaban J connectivity index is 0.000000531. The van der Waals surface area contributed by atoms with Crippen LogP contribution >= 0.6 is 0 Å². The van der Waals surface area contributed by atoms with Crippen molar-refractivity contribution < 1.29 is 4.79 Å². The van der Waals surface area contributed by atoms with Crippen molar-refractivity contribution in [3.8, 4) is 6.57 Å². The summed E-state index contributed by atoms with van der Waals surface area (Å²) in [6.45, 7) is 5.06. The van der Waals surface area contributed by atoms with Crippen molar-refractivity contribution in [1.82, 2.24) is 0 Å². The third-order valence-corrected chi connectivity index (χ3v) is 2.51. The van der Waals surface area contributed by atoms with E-state index in [0.29, 0.717) is 17.2 Å². The fourth-order valence-corrected chi connectivity index (χ4v) is 1.55. The summed E-state index contributed by atoms with van der Waals surface area (Å²) in [6.07, 6.45) is 2.50. The number of anilines is 1. The van der Waals surface area contributed by atoms with Crippen LogP contribution in [-0.2, 0) is 0 Å². The van der Waals surface area contributed by atoms with E-state index in [1.54, 1.807) is 6.92 Å². The molecule has 0 heterocycles. The number of nitrogen functional groups attached to an aromatic ring is 1. The Morgan fingerprint density at radius 3 is 2.53 bits per heavy atom. The number of nitrogens with zero attached hydrogens (tertiary/aromatic N) is 1. The van der Waals surface area contributed by atoms with Crippen LogP contribution in [0.15, 0.2) is 18.2 Å². The quantitative estimate of drug-likeness (QED) is 0.591. The average Bonchev–Trinajstić information content (AvgIpc) is 3.05. The molecule has 0 aromatic heterocycles. The molecule has 0 radical (unpaired) electrons. The molecular formula is C12H14N2O. The van der Waals surface area contributed by atoms with Crippen molar-refractivity contribution in [3.63, 3.8) is 0 Å². The van der Waals surface area contributed by atoms with Crippen molar-refractivity contribution in [2.45, 2.75) is 25.7 Å². The highest BCUT2D eigenvalue weighted by molar-refractivity contribution is 5.99. The van der Waals surface area contributed by atoms with E-state index in [1.807, 2.05) is 18.2 Å². The van der Waals surface area contributed by atoms with Crippen LogP contribution in [0, 0.1) is 11.8 Å². The molecule has 78 valence electrons. The van der Waals surface area contributed by atoms with E-state index < -0.39 is 0 Å². The largest absolute Gasteiger partial charge is 0.398 e. The third kappa shape index (κ3) is 2.57. The molecule has 0 atom stereocenters. The molecule has 1 saturated carbocycles. The van der Waals surface area contributed by atoms with Gasteiger partial charge < -0.3 is 5.73 Å². The molecular weight excluding hydrogens is 188 g/mol. The lowest BCUT2D eigenvalue weighted by Crippen LogP contribution is -2.00. The minimum Gasteiger partial charge on any atom is -0.398 e. The minimum absolute atomic E-state index is 0.0556. The number of ketones is 1. The number of nitrogens with two attached hydrogens (primary N) is 1. The summed E-state index contributed by atoms with van der Waals surface area (Å²) < 4.78 is 0. The summed E-state index contributed by atoms with van der Waals surface area (Å²) >= 11 is 0. The van der Waals surface area contributed by atoms with Crippen molar-refractivity contribution in [2.75, 3.05) is 5.73 Å². The standard InChI is InChI=1S/C11H13NO.CHN/c1-7(13)10-6-9(8-2-3-8)4-5-11(10)12;1-2/h4-6,8H,2-3,12H2,1H3;1H. The van der Waals surface area contributed by atoms with E-state index in [1.165, 1.54) is 18.4 Å². The third-order valence-electron chi connectivity index (χ3n) is 2.51. The number of rotatable bonds is 2. The van der Waals surface area contributed by atoms with Gasteiger partial charge in [0, 0.05) is 17.8 Å². The summed E-state index contributed by atoms with van der Waals surface area (Å²) in [6, 6.07) is 5.80. The van der Waals surface area contributed by atoms with Gasteiger partial charge in [-0.15, -0.1) is 0 Å². The number of Topliss-reactive ketones (excluding diaryl/α,β-unsaturated/α-hetero) is 1. The number of carbonyl (C=O) groups excluding carboxylic acids is 1. The number of benzene rings is 1. The van der Waals surface area contributed by atoms with Gasteiger partial charge in [-0.1, -0.05) is 6.07 Å². The Morgan fingerprint density at radius 1 is 1.47 bits per heavy atom. The molecule has 0 saturated heterocycles. The first-order valence-electron chi connectivity index (χ1n) is 4.84. The monoisotopic (exact) mass is 202 g/mol. The Morgan fingerprint density at radius 2 is 2.07 bits per heavy atom. The van der Waals surface area contributed by atoms with E-state index in [9.17, 15) is 4.79 Å². The zero-order valence-corrected chi connectivity index (χ0v) is 8.73. The zero-order chi connectivity index (χ0) is 11.4. The molecule has 1 aliphatic carbocycles. The maximum absolute atomic E-state index is 11.2. The highest BCUT2D eigenvalue weighted by Gasteiger charge is 2.24. The average molecular weight is 202 g/mol. The predicted molar refractivity (Wildman–Crippen MR) is 59.5 cm³/mol. The smallest absolute Gasteiger partial charge is 0.161 e. The van der Waals surface area contributed by atoms with Crippen molar-refractivity contribution >= 4 is 11.5 Å². The summed E-state index contributed by atoms with van der Waals surface area (Å²) in [5.74, 6) is 0.735. The Labute approximate surface area is 89.5 Å². The van der Waals surface area contributed by atoms with Crippen LogP contribution in [-0.4, -0.2) is 5.78 Å². The second-order valence-electron chi connectivity index (χ2n) is 3.68. The van der Waals surface area contributed by atoms with Gasteiger partial charge in [-0.05, 0) is 43.4 Å². The normalized spacial score (nSPS) is 13.8. The second-order valence-corrected chi connectivity index (χ2v) is 3.68. The van der Waals surface area contributed by atoms with Crippen molar-refractivity contribution in [3.05, 3.63) is 29.3 Å². The SMILES string of the molecule is C#N.CC(=O)c1cc(C2CC2)ccc1N. The molecule has 1 aromatic rings. The highest BCUT2D eigenvalue weighted by Crippen LogP contribution is 2.40. The number of hydrogen-bond acceptors (Lipinski definition) is 3. The lowest BCUT2D eigenvalue weighted by atomic mass is 10.0. The number of carbonyl (C=O) groups is 1. The molecule has 0 spiro atoms. The first-order valence-corrected chi connectivity index (χ1v) is 4.84. The minimum atomic E-state index is 0.0556. The van der Waals surface area contributed by atoms with Crippen LogP contribution in [0.4, 0.5) is 5.69 Å². The van der Waals surface area contributed by atoms with E-state index in [-0.39, 0.29) is 5.78 Å². The van der Waals surface area contributed by atoms with Crippen LogP contribution in [0.2, 0.25) is 0 Å². The molecule has 3 nitrogen and oxygen atoms in total. The van der Waals surface area contributed by atoms with Gasteiger partial charge in [0.1, 0.15) is 0 Å². The second kappa shape index (κ2) is 4.61. The molecule has 0 aliphatic heterocycles. The Bertz CT molecular complexity index is 392. The van der Waals surface area contributed by atoms with Crippen LogP contribution in [0.1, 0.15) is 41.6 Å². The maximum atomic E-state index is 11.2. The van der Waals surface area contributed by atoms with Gasteiger partial charge in [-0.3, -0.25) is 4.79 Å². The first-order chi connectivity index (χ1) is 7.18. The van der Waals surface area contributed by atoms with E-state index in [0.717, 1.165) is 0 Å². The molecule has 1 aromatic carbocycles. The topological polar surface area (TPSA) is 66.9 Å². The molecule has 1 aliphatic rings. The van der Waals surface area contributed by atoms with Crippen LogP contribution in [0.5, 0.6) is 0 Å². The van der Waals surface area contributed by atoms with Crippen molar-refractivity contribution in [2.24, 2.45) is 0 Å². The molecule has 0 bridgehead atoms. The molecule has 2 N–H and O–H groups in total. The Hall–Kier alpha value is -1.82. The fourth-order valence-electron chi connectivity index (χ4n) is 1.55. The number of hydrogen-bond donors (Lipinski definition) is 1. The van der Waals surface area contributed by atoms with Crippen LogP contribution in [0.25, 0.3) is 0 Å². The van der Waals surface area contributed by atoms with Gasteiger partial charge in [-0.25, -0.2) is 5.26 Å². The van der Waals surface area contributed by atoms with Gasteiger partial charge in [0.05, 0.1) is 0 Å². The van der Waals surface area contributed by atoms with E-state index >= 15 is 0 Å². The summed E-state index contributed by atoms with van der Waals surface area (Å²) in [7, 11) is 0. The molecule has 0 unspecified atom stereocenters. The molecule has 3 heteroatoms.